The zero-order chi connectivity index (χ0) is 21.9. The molecule has 4 fully saturated rings. The first kappa shape index (κ1) is 23.1. The van der Waals surface area contributed by atoms with Gasteiger partial charge in [-0.3, -0.25) is 0 Å². The molecule has 4 saturated carbocycles. The minimum absolute atomic E-state index is 0.0444. The van der Waals surface area contributed by atoms with E-state index in [1.54, 1.807) is 0 Å². The van der Waals surface area contributed by atoms with Crippen LogP contribution in [0.15, 0.2) is 0 Å². The van der Waals surface area contributed by atoms with Crippen molar-refractivity contribution in [2.45, 2.75) is 125 Å². The zero-order valence-corrected chi connectivity index (χ0v) is 21.3. The van der Waals surface area contributed by atoms with Crippen molar-refractivity contribution in [3.8, 4) is 0 Å². The van der Waals surface area contributed by atoms with E-state index in [1.165, 1.54) is 64.2 Å². The predicted octanol–water partition coefficient (Wildman–Crippen LogP) is 8.10. The third-order valence-corrected chi connectivity index (χ3v) is 11.5. The molecule has 0 aromatic heterocycles. The molecule has 4 aliphatic carbocycles. The summed E-state index contributed by atoms with van der Waals surface area (Å²) >= 11 is 0. The topological polar surface area (TPSA) is 20.2 Å². The Kier molecular flexibility index (Phi) is 6.22. The Bertz CT molecular complexity index is 607. The van der Waals surface area contributed by atoms with Crippen LogP contribution in [0.1, 0.15) is 119 Å². The van der Waals surface area contributed by atoms with E-state index >= 15 is 0 Å². The van der Waals surface area contributed by atoms with Crippen LogP contribution in [0.25, 0.3) is 0 Å². The SMILES string of the molecule is CC(C)CCC[C@@H](C)[C@H]1C[C@H](O)[C@H]2[C@@H]3CCC4C(C)(C)CCC[C@]4(C)[C@H]3CC[C@@]21C. The molecule has 4 aliphatic rings. The molecular formula is C29H52O. The zero-order valence-electron chi connectivity index (χ0n) is 21.3. The second-order valence-corrected chi connectivity index (χ2v) is 14.0. The van der Waals surface area contributed by atoms with Gasteiger partial charge >= 0.3 is 0 Å². The Hall–Kier alpha value is -0.0400. The number of hydrogen-bond donors (Lipinski definition) is 1. The first-order valence-corrected chi connectivity index (χ1v) is 13.7. The number of fused-ring (bicyclic) bond motifs is 5. The van der Waals surface area contributed by atoms with Crippen molar-refractivity contribution in [1.29, 1.82) is 0 Å². The molecule has 0 radical (unpaired) electrons. The van der Waals surface area contributed by atoms with E-state index in [0.29, 0.717) is 22.2 Å². The average Bonchev–Trinajstić information content (AvgIpc) is 2.91. The van der Waals surface area contributed by atoms with Crippen LogP contribution in [0.2, 0.25) is 0 Å². The molecule has 0 aromatic carbocycles. The van der Waals surface area contributed by atoms with E-state index in [0.717, 1.165) is 41.9 Å². The molecule has 0 aliphatic heterocycles. The van der Waals surface area contributed by atoms with Crippen molar-refractivity contribution in [3.05, 3.63) is 0 Å². The van der Waals surface area contributed by atoms with Crippen molar-refractivity contribution < 1.29 is 5.11 Å². The summed E-state index contributed by atoms with van der Waals surface area (Å²) in [6, 6.07) is 0. The van der Waals surface area contributed by atoms with Gasteiger partial charge in [0.1, 0.15) is 0 Å². The first-order chi connectivity index (χ1) is 14.0. The fraction of sp³-hybridized carbons (Fsp3) is 1.00. The van der Waals surface area contributed by atoms with E-state index in [9.17, 15) is 5.11 Å². The summed E-state index contributed by atoms with van der Waals surface area (Å²) in [4.78, 5) is 0. The largest absolute Gasteiger partial charge is 0.393 e. The van der Waals surface area contributed by atoms with E-state index in [1.807, 2.05) is 0 Å². The fourth-order valence-electron chi connectivity index (χ4n) is 10.2. The third-order valence-electron chi connectivity index (χ3n) is 11.5. The van der Waals surface area contributed by atoms with Gasteiger partial charge in [-0.1, -0.05) is 74.1 Å². The molecule has 174 valence electrons. The van der Waals surface area contributed by atoms with E-state index < -0.39 is 0 Å². The Morgan fingerprint density at radius 3 is 2.30 bits per heavy atom. The Morgan fingerprint density at radius 2 is 1.60 bits per heavy atom. The smallest absolute Gasteiger partial charge is 0.0579 e. The first-order valence-electron chi connectivity index (χ1n) is 13.7. The standard InChI is InChI=1S/C29H52O/c1-19(2)10-8-11-20(3)23-18-24(30)26-21-12-13-25-27(4,5)15-9-16-28(25,6)22(21)14-17-29(23,26)7/h19-26,30H,8-18H2,1-7H3/t20-,21-,22+,23-,24+,25?,26-,28-,29-/m1/s1. The van der Waals surface area contributed by atoms with Crippen LogP contribution in [0.5, 0.6) is 0 Å². The van der Waals surface area contributed by atoms with Crippen molar-refractivity contribution in [2.24, 2.45) is 57.7 Å². The number of hydrogen-bond acceptors (Lipinski definition) is 1. The van der Waals surface area contributed by atoms with Crippen LogP contribution in [0.4, 0.5) is 0 Å². The number of aliphatic hydroxyl groups excluding tert-OH is 1. The molecule has 4 rings (SSSR count). The Morgan fingerprint density at radius 1 is 0.867 bits per heavy atom. The molecular weight excluding hydrogens is 364 g/mol. The maximum atomic E-state index is 11.4. The second kappa shape index (κ2) is 8.07. The third kappa shape index (κ3) is 3.62. The van der Waals surface area contributed by atoms with Crippen LogP contribution in [0.3, 0.4) is 0 Å². The molecule has 1 heteroatoms. The highest BCUT2D eigenvalue weighted by Crippen LogP contribution is 2.70. The van der Waals surface area contributed by atoms with Gasteiger partial charge in [0.15, 0.2) is 0 Å². The van der Waals surface area contributed by atoms with Gasteiger partial charge < -0.3 is 5.11 Å². The van der Waals surface area contributed by atoms with Crippen LogP contribution >= 0.6 is 0 Å². The van der Waals surface area contributed by atoms with Gasteiger partial charge in [-0.2, -0.15) is 0 Å². The minimum Gasteiger partial charge on any atom is -0.393 e. The maximum absolute atomic E-state index is 11.4. The summed E-state index contributed by atoms with van der Waals surface area (Å²) in [6.45, 7) is 17.6. The summed E-state index contributed by atoms with van der Waals surface area (Å²) in [5, 5.41) is 11.4. The molecule has 1 nitrogen and oxygen atoms in total. The molecule has 0 saturated heterocycles. The van der Waals surface area contributed by atoms with Gasteiger partial charge in [-0.15, -0.1) is 0 Å². The van der Waals surface area contributed by atoms with Gasteiger partial charge in [0.25, 0.3) is 0 Å². The van der Waals surface area contributed by atoms with Crippen molar-refractivity contribution >= 4 is 0 Å². The lowest BCUT2D eigenvalue weighted by atomic mass is 9.41. The summed E-state index contributed by atoms with van der Waals surface area (Å²) in [7, 11) is 0. The highest BCUT2D eigenvalue weighted by Gasteiger charge is 2.64. The average molecular weight is 417 g/mol. The Labute approximate surface area is 188 Å². The highest BCUT2D eigenvalue weighted by molar-refractivity contribution is 5.13. The second-order valence-electron chi connectivity index (χ2n) is 14.0. The van der Waals surface area contributed by atoms with Crippen LogP contribution in [0, 0.1) is 57.7 Å². The van der Waals surface area contributed by atoms with Crippen LogP contribution in [-0.2, 0) is 0 Å². The lowest BCUT2D eigenvalue weighted by Gasteiger charge is -2.64. The molecule has 0 aromatic rings. The molecule has 9 atom stereocenters. The lowest BCUT2D eigenvalue weighted by Crippen LogP contribution is -2.57. The predicted molar refractivity (Wildman–Crippen MR) is 128 cm³/mol. The highest BCUT2D eigenvalue weighted by atomic mass is 16.3. The van der Waals surface area contributed by atoms with Gasteiger partial charge in [-0.05, 0) is 103 Å². The molecule has 0 amide bonds. The van der Waals surface area contributed by atoms with Crippen molar-refractivity contribution in [3.63, 3.8) is 0 Å². The van der Waals surface area contributed by atoms with Crippen molar-refractivity contribution in [2.75, 3.05) is 0 Å². The van der Waals surface area contributed by atoms with Gasteiger partial charge in [-0.25, -0.2) is 0 Å². The lowest BCUT2D eigenvalue weighted by molar-refractivity contribution is -0.158. The Balaban J connectivity index is 1.54. The van der Waals surface area contributed by atoms with E-state index in [4.69, 9.17) is 0 Å². The summed E-state index contributed by atoms with van der Waals surface area (Å²) in [5.74, 6) is 5.43. The number of rotatable bonds is 5. The molecule has 1 unspecified atom stereocenters. The van der Waals surface area contributed by atoms with Gasteiger partial charge in [0, 0.05) is 0 Å². The summed E-state index contributed by atoms with van der Waals surface area (Å²) in [6.07, 6.45) is 15.0. The molecule has 0 bridgehead atoms. The number of aliphatic hydroxyl groups is 1. The normalized spacial score (nSPS) is 48.7. The minimum atomic E-state index is -0.0444. The van der Waals surface area contributed by atoms with Crippen LogP contribution in [-0.4, -0.2) is 11.2 Å². The fourth-order valence-corrected chi connectivity index (χ4v) is 10.2. The van der Waals surface area contributed by atoms with Crippen molar-refractivity contribution in [1.82, 2.24) is 0 Å². The summed E-state index contributed by atoms with van der Waals surface area (Å²) in [5.41, 5.74) is 1.42. The molecule has 0 spiro atoms. The maximum Gasteiger partial charge on any atom is 0.0579 e. The monoisotopic (exact) mass is 416 g/mol. The molecule has 0 heterocycles. The van der Waals surface area contributed by atoms with E-state index in [-0.39, 0.29) is 6.10 Å². The summed E-state index contributed by atoms with van der Waals surface area (Å²) < 4.78 is 0. The van der Waals surface area contributed by atoms with Gasteiger partial charge in [0.2, 0.25) is 0 Å². The quantitative estimate of drug-likeness (QED) is 0.480. The van der Waals surface area contributed by atoms with Crippen LogP contribution < -0.4 is 0 Å². The van der Waals surface area contributed by atoms with E-state index in [2.05, 4.69) is 48.5 Å². The molecule has 30 heavy (non-hydrogen) atoms. The molecule has 1 N–H and O–H groups in total. The van der Waals surface area contributed by atoms with Gasteiger partial charge in [0.05, 0.1) is 6.10 Å².